The molecule has 0 atom stereocenters. The van der Waals surface area contributed by atoms with Crippen molar-refractivity contribution in [1.82, 2.24) is 14.4 Å². The first-order chi connectivity index (χ1) is 12.2. The Balaban J connectivity index is 1.81. The Morgan fingerprint density at radius 1 is 1.12 bits per heavy atom. The first kappa shape index (κ1) is 15.5. The highest BCUT2D eigenvalue weighted by molar-refractivity contribution is 7.17. The van der Waals surface area contributed by atoms with Gasteiger partial charge in [0.05, 0.1) is 34.2 Å². The molecule has 1 aromatic carbocycles. The van der Waals surface area contributed by atoms with E-state index in [1.54, 1.807) is 12.5 Å². The number of aryl methyl sites for hydroxylation is 2. The molecule has 0 saturated carbocycles. The molecule has 4 aromatic rings. The maximum atomic E-state index is 11.0. The number of nitrogens with one attached hydrogen (secondary N) is 1. The predicted molar refractivity (Wildman–Crippen MR) is 101 cm³/mol. The molecule has 1 N–H and O–H groups in total. The number of hydrogen-bond donors (Lipinski definition) is 1. The number of benzene rings is 1. The Hall–Kier alpha value is -2.99. The average molecular weight is 348 g/mol. The maximum Gasteiger partial charge on any atom is 0.160 e. The van der Waals surface area contributed by atoms with Crippen molar-refractivity contribution in [2.24, 2.45) is 0 Å². The number of aldehydes is 1. The average Bonchev–Trinajstić information content (AvgIpc) is 3.27. The molecule has 0 aliphatic rings. The molecule has 3 aromatic heterocycles. The fraction of sp³-hybridized carbons (Fsp3) is 0.105. The zero-order valence-corrected chi connectivity index (χ0v) is 14.7. The van der Waals surface area contributed by atoms with Gasteiger partial charge in [0.25, 0.3) is 0 Å². The van der Waals surface area contributed by atoms with Crippen molar-refractivity contribution in [2.75, 3.05) is 5.32 Å². The number of aromatic nitrogens is 3. The third-order valence-corrected chi connectivity index (χ3v) is 5.21. The second-order valence-electron chi connectivity index (χ2n) is 5.85. The first-order valence-corrected chi connectivity index (χ1v) is 8.68. The van der Waals surface area contributed by atoms with Gasteiger partial charge in [0, 0.05) is 5.69 Å². The van der Waals surface area contributed by atoms with Gasteiger partial charge in [-0.05, 0) is 37.1 Å². The molecule has 0 aliphatic carbocycles. The normalized spacial score (nSPS) is 11.0. The van der Waals surface area contributed by atoms with Crippen LogP contribution in [0.5, 0.6) is 0 Å². The molecule has 0 aliphatic heterocycles. The summed E-state index contributed by atoms with van der Waals surface area (Å²) in [6, 6.07) is 9.94. The first-order valence-electron chi connectivity index (χ1n) is 7.87. The summed E-state index contributed by atoms with van der Waals surface area (Å²) in [4.78, 5) is 21.5. The van der Waals surface area contributed by atoms with Gasteiger partial charge in [-0.1, -0.05) is 18.2 Å². The van der Waals surface area contributed by atoms with Crippen LogP contribution >= 0.6 is 11.3 Å². The standard InChI is InChI=1S/C19H16N4OS/c1-12-4-3-5-13(2)18(12)22-19-16-8-20-11-23(16)15(9-21-19)17-7-6-14(10-24)25-17/h3-11H,1-2H3,(H,21,22). The number of rotatable bonds is 4. The molecule has 0 saturated heterocycles. The highest BCUT2D eigenvalue weighted by Crippen LogP contribution is 2.31. The lowest BCUT2D eigenvalue weighted by Crippen LogP contribution is -2.01. The van der Waals surface area contributed by atoms with Crippen molar-refractivity contribution >= 4 is 34.6 Å². The zero-order chi connectivity index (χ0) is 17.4. The highest BCUT2D eigenvalue weighted by Gasteiger charge is 2.13. The molecular weight excluding hydrogens is 332 g/mol. The minimum atomic E-state index is 0.695. The number of hydrogen-bond acceptors (Lipinski definition) is 5. The summed E-state index contributed by atoms with van der Waals surface area (Å²) in [6.45, 7) is 4.15. The van der Waals surface area contributed by atoms with Gasteiger partial charge < -0.3 is 5.32 Å². The van der Waals surface area contributed by atoms with Gasteiger partial charge in [-0.25, -0.2) is 9.97 Å². The molecule has 0 amide bonds. The molecule has 4 rings (SSSR count). The molecule has 3 heterocycles. The third-order valence-electron chi connectivity index (χ3n) is 4.18. The minimum Gasteiger partial charge on any atom is -0.338 e. The van der Waals surface area contributed by atoms with Gasteiger partial charge >= 0.3 is 0 Å². The lowest BCUT2D eigenvalue weighted by molar-refractivity contribution is 0.112. The number of thiophene rings is 1. The molecule has 25 heavy (non-hydrogen) atoms. The van der Waals surface area contributed by atoms with Crippen LogP contribution in [0.15, 0.2) is 49.1 Å². The number of anilines is 2. The van der Waals surface area contributed by atoms with E-state index in [0.717, 1.165) is 45.0 Å². The van der Waals surface area contributed by atoms with E-state index in [9.17, 15) is 4.79 Å². The monoisotopic (exact) mass is 348 g/mol. The van der Waals surface area contributed by atoms with Crippen molar-refractivity contribution in [3.8, 4) is 10.6 Å². The Morgan fingerprint density at radius 3 is 2.64 bits per heavy atom. The summed E-state index contributed by atoms with van der Waals surface area (Å²) >= 11 is 1.44. The highest BCUT2D eigenvalue weighted by atomic mass is 32.1. The summed E-state index contributed by atoms with van der Waals surface area (Å²) in [5.41, 5.74) is 5.19. The Kier molecular flexibility index (Phi) is 3.82. The molecule has 0 radical (unpaired) electrons. The number of imidazole rings is 1. The van der Waals surface area contributed by atoms with Crippen LogP contribution in [0.4, 0.5) is 11.5 Å². The number of nitrogens with zero attached hydrogens (tertiary/aromatic N) is 3. The summed E-state index contributed by atoms with van der Waals surface area (Å²) in [6.07, 6.45) is 6.23. The van der Waals surface area contributed by atoms with E-state index in [4.69, 9.17) is 0 Å². The van der Waals surface area contributed by atoms with E-state index in [0.29, 0.717) is 4.88 Å². The van der Waals surface area contributed by atoms with Crippen molar-refractivity contribution in [2.45, 2.75) is 13.8 Å². The van der Waals surface area contributed by atoms with Gasteiger partial charge in [-0.15, -0.1) is 11.3 Å². The molecule has 0 spiro atoms. The van der Waals surface area contributed by atoms with Gasteiger partial charge in [-0.3, -0.25) is 9.20 Å². The van der Waals surface area contributed by atoms with E-state index in [1.807, 2.05) is 28.8 Å². The summed E-state index contributed by atoms with van der Waals surface area (Å²) in [5, 5.41) is 3.44. The van der Waals surface area contributed by atoms with Crippen LogP contribution in [-0.2, 0) is 0 Å². The van der Waals surface area contributed by atoms with Crippen molar-refractivity contribution in [3.05, 3.63) is 65.1 Å². The lowest BCUT2D eigenvalue weighted by Gasteiger charge is -2.14. The molecule has 5 nitrogen and oxygen atoms in total. The van der Waals surface area contributed by atoms with E-state index >= 15 is 0 Å². The SMILES string of the molecule is Cc1cccc(C)c1Nc1ncc(-c2ccc(C=O)s2)n2cncc12. The van der Waals surface area contributed by atoms with Crippen LogP contribution in [0, 0.1) is 13.8 Å². The zero-order valence-electron chi connectivity index (χ0n) is 13.9. The summed E-state index contributed by atoms with van der Waals surface area (Å²) < 4.78 is 1.99. The second kappa shape index (κ2) is 6.14. The smallest absolute Gasteiger partial charge is 0.160 e. The van der Waals surface area contributed by atoms with Crippen LogP contribution in [0.1, 0.15) is 20.8 Å². The van der Waals surface area contributed by atoms with Crippen molar-refractivity contribution < 1.29 is 4.79 Å². The van der Waals surface area contributed by atoms with Crippen LogP contribution in [0.25, 0.3) is 16.1 Å². The van der Waals surface area contributed by atoms with Gasteiger partial charge in [0.1, 0.15) is 5.52 Å². The van der Waals surface area contributed by atoms with Crippen molar-refractivity contribution in [1.29, 1.82) is 0 Å². The van der Waals surface area contributed by atoms with Crippen molar-refractivity contribution in [3.63, 3.8) is 0 Å². The molecule has 6 heteroatoms. The predicted octanol–water partition coefficient (Wildman–Crippen LogP) is 4.63. The minimum absolute atomic E-state index is 0.695. The Labute approximate surface area is 149 Å². The maximum absolute atomic E-state index is 11.0. The second-order valence-corrected chi connectivity index (χ2v) is 6.97. The topological polar surface area (TPSA) is 59.3 Å². The van der Waals surface area contributed by atoms with E-state index in [2.05, 4.69) is 41.3 Å². The van der Waals surface area contributed by atoms with E-state index < -0.39 is 0 Å². The third kappa shape index (κ3) is 2.70. The van der Waals surface area contributed by atoms with E-state index in [-0.39, 0.29) is 0 Å². The number of carbonyl (C=O) groups is 1. The number of para-hydroxylation sites is 1. The van der Waals surface area contributed by atoms with Crippen LogP contribution < -0.4 is 5.32 Å². The number of carbonyl (C=O) groups excluding carboxylic acids is 1. The number of fused-ring (bicyclic) bond motifs is 1. The molecule has 0 bridgehead atoms. The fourth-order valence-corrected chi connectivity index (χ4v) is 3.71. The van der Waals surface area contributed by atoms with Gasteiger partial charge in [0.15, 0.2) is 12.1 Å². The van der Waals surface area contributed by atoms with Crippen LogP contribution in [0.2, 0.25) is 0 Å². The molecular formula is C19H16N4OS. The molecule has 0 fully saturated rings. The Bertz CT molecular complexity index is 1060. The van der Waals surface area contributed by atoms with Gasteiger partial charge in [-0.2, -0.15) is 0 Å². The van der Waals surface area contributed by atoms with E-state index in [1.165, 1.54) is 11.3 Å². The Morgan fingerprint density at radius 2 is 1.92 bits per heavy atom. The van der Waals surface area contributed by atoms with Crippen LogP contribution in [-0.4, -0.2) is 20.7 Å². The molecule has 124 valence electrons. The summed E-state index contributed by atoms with van der Waals surface area (Å²) in [5.74, 6) is 0.755. The quantitative estimate of drug-likeness (QED) is 0.546. The largest absolute Gasteiger partial charge is 0.338 e. The van der Waals surface area contributed by atoms with Crippen LogP contribution in [0.3, 0.4) is 0 Å². The lowest BCUT2D eigenvalue weighted by atomic mass is 10.1. The fourth-order valence-electron chi connectivity index (χ4n) is 2.88. The molecule has 0 unspecified atom stereocenters. The summed E-state index contributed by atoms with van der Waals surface area (Å²) in [7, 11) is 0. The van der Waals surface area contributed by atoms with Gasteiger partial charge in [0.2, 0.25) is 0 Å².